The van der Waals surface area contributed by atoms with Gasteiger partial charge in [0.15, 0.2) is 0 Å². The number of thiophene rings is 1. The Labute approximate surface area is 123 Å². The Morgan fingerprint density at radius 2 is 2.11 bits per heavy atom. The third-order valence-corrected chi connectivity index (χ3v) is 6.10. The molecule has 0 radical (unpaired) electrons. The Bertz CT molecular complexity index is 366. The molecule has 2 nitrogen and oxygen atoms in total. The molecule has 0 saturated carbocycles. The summed E-state index contributed by atoms with van der Waals surface area (Å²) in [6.45, 7) is 11.5. The molecule has 1 aliphatic heterocycles. The van der Waals surface area contributed by atoms with Crippen molar-refractivity contribution in [3.63, 3.8) is 0 Å². The highest BCUT2D eigenvalue weighted by Crippen LogP contribution is 2.38. The van der Waals surface area contributed by atoms with Gasteiger partial charge in [-0.1, -0.05) is 20.3 Å². The van der Waals surface area contributed by atoms with E-state index in [4.69, 9.17) is 0 Å². The largest absolute Gasteiger partial charge is 0.314 e. The lowest BCUT2D eigenvalue weighted by molar-refractivity contribution is 0.131. The fourth-order valence-corrected chi connectivity index (χ4v) is 4.47. The van der Waals surface area contributed by atoms with E-state index in [0.717, 1.165) is 13.1 Å². The standard InChI is InChI=1S/C14H23BrN2S/c1-4-10(2)13(17-7-5-16-6-8-17)12-9-11(3)14(15)18-12/h9-10,13,16H,4-8H2,1-3H3/t10?,13-/m1/s1. The molecular formula is C14H23BrN2S. The van der Waals surface area contributed by atoms with Crippen LogP contribution in [0.4, 0.5) is 0 Å². The topological polar surface area (TPSA) is 15.3 Å². The summed E-state index contributed by atoms with van der Waals surface area (Å²) in [5.41, 5.74) is 1.37. The first-order valence-corrected chi connectivity index (χ1v) is 8.45. The molecule has 1 aliphatic rings. The molecule has 0 aliphatic carbocycles. The molecule has 2 rings (SSSR count). The van der Waals surface area contributed by atoms with Gasteiger partial charge in [0.25, 0.3) is 0 Å². The van der Waals surface area contributed by atoms with Gasteiger partial charge in [0.05, 0.1) is 3.79 Å². The van der Waals surface area contributed by atoms with E-state index in [0.29, 0.717) is 12.0 Å². The number of aryl methyl sites for hydroxylation is 1. The highest BCUT2D eigenvalue weighted by molar-refractivity contribution is 9.11. The van der Waals surface area contributed by atoms with Crippen LogP contribution in [0.5, 0.6) is 0 Å². The number of rotatable bonds is 4. The van der Waals surface area contributed by atoms with Gasteiger partial charge in [0, 0.05) is 37.1 Å². The monoisotopic (exact) mass is 330 g/mol. The van der Waals surface area contributed by atoms with E-state index >= 15 is 0 Å². The Morgan fingerprint density at radius 3 is 2.61 bits per heavy atom. The minimum absolute atomic E-state index is 0.590. The van der Waals surface area contributed by atoms with Crippen LogP contribution in [0.2, 0.25) is 0 Å². The predicted octanol–water partition coefficient (Wildman–Crippen LogP) is 3.81. The zero-order chi connectivity index (χ0) is 13.1. The fraction of sp³-hybridized carbons (Fsp3) is 0.714. The van der Waals surface area contributed by atoms with Gasteiger partial charge in [-0.25, -0.2) is 0 Å². The van der Waals surface area contributed by atoms with Crippen LogP contribution in [-0.4, -0.2) is 31.1 Å². The van der Waals surface area contributed by atoms with Crippen molar-refractivity contribution < 1.29 is 0 Å². The van der Waals surface area contributed by atoms with Crippen molar-refractivity contribution in [1.29, 1.82) is 0 Å². The molecule has 0 bridgehead atoms. The second kappa shape index (κ2) is 6.51. The minimum atomic E-state index is 0.590. The van der Waals surface area contributed by atoms with Crippen molar-refractivity contribution in [2.24, 2.45) is 5.92 Å². The fourth-order valence-electron chi connectivity index (χ4n) is 2.63. The first-order valence-electron chi connectivity index (χ1n) is 6.84. The van der Waals surface area contributed by atoms with Gasteiger partial charge in [0.2, 0.25) is 0 Å². The number of halogens is 1. The third-order valence-electron chi connectivity index (χ3n) is 3.90. The van der Waals surface area contributed by atoms with Gasteiger partial charge < -0.3 is 5.32 Å². The molecule has 4 heteroatoms. The van der Waals surface area contributed by atoms with Crippen molar-refractivity contribution in [3.8, 4) is 0 Å². The summed E-state index contributed by atoms with van der Waals surface area (Å²) in [4.78, 5) is 4.18. The lowest BCUT2D eigenvalue weighted by atomic mass is 9.95. The maximum Gasteiger partial charge on any atom is 0.0731 e. The molecule has 1 unspecified atom stereocenters. The van der Waals surface area contributed by atoms with E-state index in [9.17, 15) is 0 Å². The Hall–Kier alpha value is 0.1000. The third kappa shape index (κ3) is 3.16. The van der Waals surface area contributed by atoms with E-state index in [1.807, 2.05) is 11.3 Å². The summed E-state index contributed by atoms with van der Waals surface area (Å²) >= 11 is 5.58. The highest BCUT2D eigenvalue weighted by atomic mass is 79.9. The molecule has 1 aromatic rings. The number of hydrogen-bond acceptors (Lipinski definition) is 3. The zero-order valence-electron chi connectivity index (χ0n) is 11.5. The van der Waals surface area contributed by atoms with Crippen LogP contribution in [0.25, 0.3) is 0 Å². The van der Waals surface area contributed by atoms with E-state index in [1.165, 1.54) is 33.7 Å². The van der Waals surface area contributed by atoms with Crippen LogP contribution in [0.1, 0.15) is 36.8 Å². The van der Waals surface area contributed by atoms with Gasteiger partial charge in [-0.3, -0.25) is 4.90 Å². The molecule has 2 atom stereocenters. The Morgan fingerprint density at radius 1 is 1.44 bits per heavy atom. The summed E-state index contributed by atoms with van der Waals surface area (Å²) in [5.74, 6) is 0.716. The van der Waals surface area contributed by atoms with Gasteiger partial charge in [0.1, 0.15) is 0 Å². The summed E-state index contributed by atoms with van der Waals surface area (Å²) in [5, 5.41) is 3.45. The van der Waals surface area contributed by atoms with Crippen molar-refractivity contribution in [1.82, 2.24) is 10.2 Å². The second-order valence-corrected chi connectivity index (χ2v) is 7.62. The molecule has 102 valence electrons. The van der Waals surface area contributed by atoms with Crippen LogP contribution in [0.3, 0.4) is 0 Å². The summed E-state index contributed by atoms with van der Waals surface area (Å²) < 4.78 is 1.29. The van der Waals surface area contributed by atoms with Crippen molar-refractivity contribution in [2.75, 3.05) is 26.2 Å². The molecular weight excluding hydrogens is 308 g/mol. The second-order valence-electron chi connectivity index (χ2n) is 5.22. The first-order chi connectivity index (χ1) is 8.63. The molecule has 18 heavy (non-hydrogen) atoms. The smallest absolute Gasteiger partial charge is 0.0731 e. The molecule has 0 spiro atoms. The first kappa shape index (κ1) is 14.5. The molecule has 1 aromatic heterocycles. The van der Waals surface area contributed by atoms with Crippen LogP contribution < -0.4 is 5.32 Å². The number of piperazine rings is 1. The molecule has 1 saturated heterocycles. The SMILES string of the molecule is CCC(C)[C@H](c1cc(C)c(Br)s1)N1CCNCC1. The average molecular weight is 331 g/mol. The molecule has 0 aromatic carbocycles. The van der Waals surface area contributed by atoms with Crippen molar-refractivity contribution in [3.05, 3.63) is 20.3 Å². The van der Waals surface area contributed by atoms with E-state index in [1.54, 1.807) is 0 Å². The van der Waals surface area contributed by atoms with Crippen molar-refractivity contribution in [2.45, 2.75) is 33.2 Å². The van der Waals surface area contributed by atoms with Crippen LogP contribution >= 0.6 is 27.3 Å². The number of hydrogen-bond donors (Lipinski definition) is 1. The number of nitrogens with zero attached hydrogens (tertiary/aromatic N) is 1. The number of nitrogens with one attached hydrogen (secondary N) is 1. The van der Waals surface area contributed by atoms with Crippen LogP contribution in [0.15, 0.2) is 9.85 Å². The Kier molecular flexibility index (Phi) is 5.24. The zero-order valence-corrected chi connectivity index (χ0v) is 13.9. The summed E-state index contributed by atoms with van der Waals surface area (Å²) in [7, 11) is 0. The molecule has 1 N–H and O–H groups in total. The average Bonchev–Trinajstić information content (AvgIpc) is 2.70. The van der Waals surface area contributed by atoms with Gasteiger partial charge in [-0.15, -0.1) is 11.3 Å². The lowest BCUT2D eigenvalue weighted by Crippen LogP contribution is -2.46. The minimum Gasteiger partial charge on any atom is -0.314 e. The summed E-state index contributed by atoms with van der Waals surface area (Å²) in [6.07, 6.45) is 1.24. The van der Waals surface area contributed by atoms with Crippen LogP contribution in [0, 0.1) is 12.8 Å². The maximum absolute atomic E-state index is 3.67. The normalized spacial score (nSPS) is 20.9. The van der Waals surface area contributed by atoms with Crippen molar-refractivity contribution >= 4 is 27.3 Å². The molecule has 1 fully saturated rings. The van der Waals surface area contributed by atoms with E-state index in [-0.39, 0.29) is 0 Å². The van der Waals surface area contributed by atoms with Gasteiger partial charge in [-0.2, -0.15) is 0 Å². The molecule has 2 heterocycles. The van der Waals surface area contributed by atoms with E-state index in [2.05, 4.69) is 53.0 Å². The van der Waals surface area contributed by atoms with Gasteiger partial charge in [-0.05, 0) is 40.4 Å². The van der Waals surface area contributed by atoms with E-state index < -0.39 is 0 Å². The lowest BCUT2D eigenvalue weighted by Gasteiger charge is -2.37. The van der Waals surface area contributed by atoms with Crippen LogP contribution in [-0.2, 0) is 0 Å². The summed E-state index contributed by atoms with van der Waals surface area (Å²) in [6, 6.07) is 2.96. The predicted molar refractivity (Wildman–Crippen MR) is 83.4 cm³/mol. The maximum atomic E-state index is 3.67. The van der Waals surface area contributed by atoms with Gasteiger partial charge >= 0.3 is 0 Å². The molecule has 0 amide bonds. The Balaban J connectivity index is 2.23. The quantitative estimate of drug-likeness (QED) is 0.902. The highest BCUT2D eigenvalue weighted by Gasteiger charge is 2.28.